The number of aliphatic hydroxyl groups is 1. The molecule has 0 radical (unpaired) electrons. The summed E-state index contributed by atoms with van der Waals surface area (Å²) in [4.78, 5) is 0.402. The first-order valence-electron chi connectivity index (χ1n) is 5.56. The molecule has 0 fully saturated rings. The predicted octanol–water partition coefficient (Wildman–Crippen LogP) is 1.72. The van der Waals surface area contributed by atoms with Crippen LogP contribution >= 0.6 is 0 Å². The van der Waals surface area contributed by atoms with Gasteiger partial charge in [-0.1, -0.05) is 25.1 Å². The average Bonchev–Trinajstić information content (AvgIpc) is 2.28. The second-order valence-corrected chi connectivity index (χ2v) is 6.31. The molecule has 0 saturated heterocycles. The minimum absolute atomic E-state index is 0.0373. The van der Waals surface area contributed by atoms with E-state index in [1.165, 1.54) is 0 Å². The van der Waals surface area contributed by atoms with Crippen LogP contribution in [-0.4, -0.2) is 25.4 Å². The van der Waals surface area contributed by atoms with Crippen LogP contribution in [0.3, 0.4) is 0 Å². The number of fused-ring (bicyclic) bond motifs is 1. The summed E-state index contributed by atoms with van der Waals surface area (Å²) in [5.74, 6) is 0.107. The van der Waals surface area contributed by atoms with Crippen LogP contribution in [0.15, 0.2) is 29.2 Å². The first-order chi connectivity index (χ1) is 7.56. The van der Waals surface area contributed by atoms with E-state index in [0.29, 0.717) is 17.7 Å². The topological polar surface area (TPSA) is 54.4 Å². The van der Waals surface area contributed by atoms with Gasteiger partial charge in [0.2, 0.25) is 0 Å². The van der Waals surface area contributed by atoms with Crippen molar-refractivity contribution < 1.29 is 13.5 Å². The molecule has 0 saturated carbocycles. The van der Waals surface area contributed by atoms with Crippen molar-refractivity contribution in [3.8, 4) is 0 Å². The average molecular weight is 240 g/mol. The first-order valence-corrected chi connectivity index (χ1v) is 7.21. The molecule has 1 aromatic rings. The number of hydrogen-bond acceptors (Lipinski definition) is 3. The highest BCUT2D eigenvalue weighted by Gasteiger charge is 2.32. The Morgan fingerprint density at radius 1 is 1.44 bits per heavy atom. The Balaban J connectivity index is 2.51. The van der Waals surface area contributed by atoms with Crippen LogP contribution in [0.2, 0.25) is 0 Å². The molecule has 3 nitrogen and oxygen atoms in total. The minimum Gasteiger partial charge on any atom is -0.393 e. The molecule has 2 rings (SSSR count). The largest absolute Gasteiger partial charge is 0.393 e. The molecule has 0 spiro atoms. The normalized spacial score (nSPS) is 24.8. The van der Waals surface area contributed by atoms with Gasteiger partial charge in [-0.25, -0.2) is 8.42 Å². The van der Waals surface area contributed by atoms with Gasteiger partial charge in [-0.2, -0.15) is 0 Å². The second-order valence-electron chi connectivity index (χ2n) is 4.23. The molecule has 0 aliphatic carbocycles. The van der Waals surface area contributed by atoms with Gasteiger partial charge in [-0.05, 0) is 24.5 Å². The summed E-state index contributed by atoms with van der Waals surface area (Å²) in [5, 5.41) is 9.90. The molecule has 0 aromatic heterocycles. The molecule has 1 heterocycles. The van der Waals surface area contributed by atoms with Crippen LogP contribution in [0.1, 0.15) is 31.2 Å². The zero-order chi connectivity index (χ0) is 11.8. The molecule has 2 atom stereocenters. The van der Waals surface area contributed by atoms with Crippen molar-refractivity contribution in [2.45, 2.75) is 36.7 Å². The van der Waals surface area contributed by atoms with Crippen molar-refractivity contribution in [3.63, 3.8) is 0 Å². The molecule has 1 aliphatic heterocycles. The SMILES string of the molecule is CCC(O)C1CCS(=O)(=O)c2ccccc21. The van der Waals surface area contributed by atoms with Crippen LogP contribution in [0, 0.1) is 0 Å². The predicted molar refractivity (Wildman–Crippen MR) is 62.2 cm³/mol. The second kappa shape index (κ2) is 4.18. The van der Waals surface area contributed by atoms with E-state index in [4.69, 9.17) is 0 Å². The Hall–Kier alpha value is -0.870. The maximum absolute atomic E-state index is 11.8. The Labute approximate surface area is 96.0 Å². The quantitative estimate of drug-likeness (QED) is 0.856. The Bertz CT molecular complexity index is 479. The van der Waals surface area contributed by atoms with Gasteiger partial charge >= 0.3 is 0 Å². The van der Waals surface area contributed by atoms with Crippen LogP contribution in [0.4, 0.5) is 0 Å². The molecule has 1 aliphatic rings. The first kappa shape index (κ1) is 11.6. The highest BCUT2D eigenvalue weighted by molar-refractivity contribution is 7.91. The fourth-order valence-corrected chi connectivity index (χ4v) is 3.95. The van der Waals surface area contributed by atoms with Crippen molar-refractivity contribution in [1.29, 1.82) is 0 Å². The lowest BCUT2D eigenvalue weighted by Crippen LogP contribution is -2.27. The van der Waals surface area contributed by atoms with Crippen LogP contribution in [-0.2, 0) is 9.84 Å². The van der Waals surface area contributed by atoms with Gasteiger partial charge in [-0.3, -0.25) is 0 Å². The summed E-state index contributed by atoms with van der Waals surface area (Å²) in [6, 6.07) is 7.01. The van der Waals surface area contributed by atoms with Crippen LogP contribution < -0.4 is 0 Å². The third-order valence-electron chi connectivity index (χ3n) is 3.23. The van der Waals surface area contributed by atoms with Gasteiger partial charge in [-0.15, -0.1) is 0 Å². The fourth-order valence-electron chi connectivity index (χ4n) is 2.30. The maximum atomic E-state index is 11.8. The third kappa shape index (κ3) is 1.87. The molecule has 4 heteroatoms. The minimum atomic E-state index is -3.13. The molecule has 2 unspecified atom stereocenters. The van der Waals surface area contributed by atoms with Gasteiger partial charge in [0.25, 0.3) is 0 Å². The van der Waals surface area contributed by atoms with E-state index in [2.05, 4.69) is 0 Å². The van der Waals surface area contributed by atoms with Crippen molar-refractivity contribution >= 4 is 9.84 Å². The van der Waals surface area contributed by atoms with Crippen LogP contribution in [0.5, 0.6) is 0 Å². The molecule has 1 N–H and O–H groups in total. The molecule has 88 valence electrons. The molecular formula is C12H16O3S. The summed E-state index contributed by atoms with van der Waals surface area (Å²) in [6.45, 7) is 1.91. The maximum Gasteiger partial charge on any atom is 0.178 e. The molecular weight excluding hydrogens is 224 g/mol. The van der Waals surface area contributed by atoms with E-state index in [9.17, 15) is 13.5 Å². The standard InChI is InChI=1S/C12H16O3S/c1-2-11(13)9-7-8-16(14,15)12-6-4-3-5-10(9)12/h3-6,9,11,13H,2,7-8H2,1H3. The number of benzene rings is 1. The Morgan fingerprint density at radius 2 is 2.12 bits per heavy atom. The summed E-state index contributed by atoms with van der Waals surface area (Å²) in [6.07, 6.45) is 0.726. The van der Waals surface area contributed by atoms with Crippen molar-refractivity contribution in [2.75, 3.05) is 5.75 Å². The van der Waals surface area contributed by atoms with E-state index in [1.54, 1.807) is 12.1 Å². The smallest absolute Gasteiger partial charge is 0.178 e. The number of aliphatic hydroxyl groups excluding tert-OH is 1. The van der Waals surface area contributed by atoms with E-state index in [1.807, 2.05) is 19.1 Å². The van der Waals surface area contributed by atoms with Crippen molar-refractivity contribution in [1.82, 2.24) is 0 Å². The summed E-state index contributed by atoms with van der Waals surface area (Å²) >= 11 is 0. The highest BCUT2D eigenvalue weighted by atomic mass is 32.2. The zero-order valence-electron chi connectivity index (χ0n) is 9.26. The third-order valence-corrected chi connectivity index (χ3v) is 5.05. The molecule has 16 heavy (non-hydrogen) atoms. The fraction of sp³-hybridized carbons (Fsp3) is 0.500. The lowest BCUT2D eigenvalue weighted by atomic mass is 9.89. The molecule has 0 amide bonds. The Morgan fingerprint density at radius 3 is 2.81 bits per heavy atom. The van der Waals surface area contributed by atoms with E-state index >= 15 is 0 Å². The van der Waals surface area contributed by atoms with E-state index < -0.39 is 15.9 Å². The van der Waals surface area contributed by atoms with Crippen molar-refractivity contribution in [2.24, 2.45) is 0 Å². The lowest BCUT2D eigenvalue weighted by molar-refractivity contribution is 0.135. The van der Waals surface area contributed by atoms with Crippen molar-refractivity contribution in [3.05, 3.63) is 29.8 Å². The lowest BCUT2D eigenvalue weighted by Gasteiger charge is -2.28. The monoisotopic (exact) mass is 240 g/mol. The summed E-state index contributed by atoms with van der Waals surface area (Å²) in [7, 11) is -3.13. The Kier molecular flexibility index (Phi) is 3.04. The highest BCUT2D eigenvalue weighted by Crippen LogP contribution is 2.36. The zero-order valence-corrected chi connectivity index (χ0v) is 10.1. The van der Waals surface area contributed by atoms with Gasteiger partial charge in [0.15, 0.2) is 9.84 Å². The molecule has 1 aromatic carbocycles. The van der Waals surface area contributed by atoms with Gasteiger partial charge in [0, 0.05) is 5.92 Å². The summed E-state index contributed by atoms with van der Waals surface area (Å²) in [5.41, 5.74) is 0.781. The van der Waals surface area contributed by atoms with Gasteiger partial charge in [0.05, 0.1) is 16.8 Å². The van der Waals surface area contributed by atoms with Gasteiger partial charge in [0.1, 0.15) is 0 Å². The molecule has 0 bridgehead atoms. The number of sulfone groups is 1. The van der Waals surface area contributed by atoms with E-state index in [0.717, 1.165) is 5.56 Å². The summed E-state index contributed by atoms with van der Waals surface area (Å²) < 4.78 is 23.7. The van der Waals surface area contributed by atoms with Crippen LogP contribution in [0.25, 0.3) is 0 Å². The number of hydrogen-bond donors (Lipinski definition) is 1. The number of rotatable bonds is 2. The van der Waals surface area contributed by atoms with Gasteiger partial charge < -0.3 is 5.11 Å². The van der Waals surface area contributed by atoms with E-state index in [-0.39, 0.29) is 11.7 Å².